The molecule has 0 amide bonds. The number of hydrogen-bond donors (Lipinski definition) is 1. The summed E-state index contributed by atoms with van der Waals surface area (Å²) in [5.41, 5.74) is 0. The topological polar surface area (TPSA) is 12.0 Å². The molecule has 1 atom stereocenters. The van der Waals surface area contributed by atoms with Gasteiger partial charge in [0.05, 0.1) is 0 Å². The first-order valence-electron chi connectivity index (χ1n) is 2.27. The van der Waals surface area contributed by atoms with E-state index in [1.54, 1.807) is 0 Å². The highest BCUT2D eigenvalue weighted by atomic mass is 19.1. The molecule has 6 heavy (non-hydrogen) atoms. The summed E-state index contributed by atoms with van der Waals surface area (Å²) in [6.45, 7) is 0.862. The fourth-order valence-corrected chi connectivity index (χ4v) is 0.642. The molecule has 1 heterocycles. The summed E-state index contributed by atoms with van der Waals surface area (Å²) >= 11 is 0. The maximum atomic E-state index is 11.8. The summed E-state index contributed by atoms with van der Waals surface area (Å²) in [6, 6.07) is 0. The molecule has 1 saturated heterocycles. The first-order chi connectivity index (χ1) is 2.89. The summed E-state index contributed by atoms with van der Waals surface area (Å²) < 4.78 is 11.8. The van der Waals surface area contributed by atoms with Crippen molar-refractivity contribution in [3.8, 4) is 0 Å². The predicted molar refractivity (Wildman–Crippen MR) is 22.1 cm³/mol. The van der Waals surface area contributed by atoms with Crippen molar-refractivity contribution in [2.24, 2.45) is 0 Å². The van der Waals surface area contributed by atoms with Crippen LogP contribution in [0.2, 0.25) is 0 Å². The molecule has 2 heteroatoms. The molecule has 1 aliphatic heterocycles. The second kappa shape index (κ2) is 1.56. The largest absolute Gasteiger partial charge is 0.288 e. The lowest BCUT2D eigenvalue weighted by Gasteiger charge is -1.90. The van der Waals surface area contributed by atoms with E-state index in [2.05, 4.69) is 5.32 Å². The number of nitrogens with one attached hydrogen (secondary N) is 1. The van der Waals surface area contributed by atoms with E-state index in [-0.39, 0.29) is 0 Å². The Morgan fingerprint density at radius 3 is 2.67 bits per heavy atom. The Morgan fingerprint density at radius 1 is 1.67 bits per heavy atom. The quantitative estimate of drug-likeness (QED) is 0.430. The standard InChI is InChI=1S/C4H8FN/c5-4-2-1-3-6-4/h4,6H,1-3H2/t4-/m1/s1. The Hall–Kier alpha value is -0.110. The Morgan fingerprint density at radius 2 is 2.50 bits per heavy atom. The summed E-state index contributed by atoms with van der Waals surface area (Å²) in [5, 5.41) is 2.65. The van der Waals surface area contributed by atoms with E-state index < -0.39 is 6.30 Å². The van der Waals surface area contributed by atoms with Gasteiger partial charge in [-0.3, -0.25) is 5.32 Å². The van der Waals surface area contributed by atoms with Crippen molar-refractivity contribution < 1.29 is 4.39 Å². The van der Waals surface area contributed by atoms with Gasteiger partial charge in [-0.05, 0) is 19.4 Å². The molecule has 1 fully saturated rings. The second-order valence-corrected chi connectivity index (χ2v) is 1.56. The Labute approximate surface area is 36.5 Å². The van der Waals surface area contributed by atoms with Gasteiger partial charge in [-0.25, -0.2) is 4.39 Å². The highest BCUT2D eigenvalue weighted by Gasteiger charge is 2.09. The number of rotatable bonds is 0. The smallest absolute Gasteiger partial charge is 0.151 e. The van der Waals surface area contributed by atoms with Crippen molar-refractivity contribution in [2.45, 2.75) is 19.1 Å². The van der Waals surface area contributed by atoms with Gasteiger partial charge in [-0.15, -0.1) is 0 Å². The van der Waals surface area contributed by atoms with Crippen molar-refractivity contribution in [3.63, 3.8) is 0 Å². The predicted octanol–water partition coefficient (Wildman–Crippen LogP) is 0.665. The van der Waals surface area contributed by atoms with Crippen LogP contribution in [0, 0.1) is 0 Å². The zero-order chi connectivity index (χ0) is 4.41. The highest BCUT2D eigenvalue weighted by molar-refractivity contribution is 4.62. The van der Waals surface area contributed by atoms with Crippen LogP contribution in [-0.2, 0) is 0 Å². The maximum absolute atomic E-state index is 11.8. The van der Waals surface area contributed by atoms with Crippen molar-refractivity contribution in [1.82, 2.24) is 5.32 Å². The van der Waals surface area contributed by atoms with E-state index in [9.17, 15) is 4.39 Å². The summed E-state index contributed by atoms with van der Waals surface area (Å²) in [4.78, 5) is 0. The fraction of sp³-hybridized carbons (Fsp3) is 1.00. The molecule has 0 aliphatic carbocycles. The molecule has 1 N–H and O–H groups in total. The molecule has 0 aromatic heterocycles. The summed E-state index contributed by atoms with van der Waals surface area (Å²) in [6.07, 6.45) is 1.01. The van der Waals surface area contributed by atoms with E-state index >= 15 is 0 Å². The lowest BCUT2D eigenvalue weighted by atomic mass is 10.4. The third-order valence-corrected chi connectivity index (χ3v) is 1.00. The van der Waals surface area contributed by atoms with Crippen LogP contribution in [0.15, 0.2) is 0 Å². The Balaban J connectivity index is 2.18. The van der Waals surface area contributed by atoms with Gasteiger partial charge in [0.15, 0.2) is 6.30 Å². The molecule has 0 saturated carbocycles. The van der Waals surface area contributed by atoms with E-state index in [0.717, 1.165) is 13.0 Å². The van der Waals surface area contributed by atoms with E-state index in [4.69, 9.17) is 0 Å². The zero-order valence-electron chi connectivity index (χ0n) is 3.58. The molecule has 0 spiro atoms. The van der Waals surface area contributed by atoms with Crippen LogP contribution in [0.5, 0.6) is 0 Å². The average Bonchev–Trinajstić information content (AvgIpc) is 1.86. The Kier molecular flexibility index (Phi) is 1.05. The minimum absolute atomic E-state index is 0.704. The van der Waals surface area contributed by atoms with Crippen LogP contribution in [0.1, 0.15) is 12.8 Å². The number of halogens is 1. The van der Waals surface area contributed by atoms with Gasteiger partial charge < -0.3 is 0 Å². The SMILES string of the molecule is F[C@H]1CCCN1. The summed E-state index contributed by atoms with van der Waals surface area (Å²) in [7, 11) is 0. The van der Waals surface area contributed by atoms with Crippen molar-refractivity contribution in [2.75, 3.05) is 6.54 Å². The molecule has 0 radical (unpaired) electrons. The lowest BCUT2D eigenvalue weighted by molar-refractivity contribution is 0.311. The maximum Gasteiger partial charge on any atom is 0.151 e. The number of alkyl halides is 1. The molecular weight excluding hydrogens is 81.0 g/mol. The van der Waals surface area contributed by atoms with Gasteiger partial charge in [0.25, 0.3) is 0 Å². The normalized spacial score (nSPS) is 34.5. The monoisotopic (exact) mass is 89.1 g/mol. The molecule has 0 unspecified atom stereocenters. The number of hydrogen-bond acceptors (Lipinski definition) is 1. The third kappa shape index (κ3) is 0.684. The van der Waals surface area contributed by atoms with Crippen molar-refractivity contribution in [1.29, 1.82) is 0 Å². The van der Waals surface area contributed by atoms with Crippen molar-refractivity contribution >= 4 is 0 Å². The molecule has 0 aromatic carbocycles. The van der Waals surface area contributed by atoms with Crippen LogP contribution < -0.4 is 5.32 Å². The van der Waals surface area contributed by atoms with Crippen LogP contribution in [0.4, 0.5) is 4.39 Å². The first kappa shape index (κ1) is 4.06. The lowest BCUT2D eigenvalue weighted by Crippen LogP contribution is -2.14. The van der Waals surface area contributed by atoms with Crippen molar-refractivity contribution in [3.05, 3.63) is 0 Å². The average molecular weight is 89.1 g/mol. The van der Waals surface area contributed by atoms with Crippen LogP contribution in [-0.4, -0.2) is 12.8 Å². The van der Waals surface area contributed by atoms with Crippen LogP contribution in [0.25, 0.3) is 0 Å². The zero-order valence-corrected chi connectivity index (χ0v) is 3.58. The third-order valence-electron chi connectivity index (χ3n) is 1.00. The van der Waals surface area contributed by atoms with Gasteiger partial charge in [0.1, 0.15) is 0 Å². The van der Waals surface area contributed by atoms with Crippen LogP contribution in [0.3, 0.4) is 0 Å². The van der Waals surface area contributed by atoms with Gasteiger partial charge >= 0.3 is 0 Å². The van der Waals surface area contributed by atoms with Gasteiger partial charge in [0, 0.05) is 0 Å². The molecule has 1 rings (SSSR count). The minimum atomic E-state index is -0.704. The van der Waals surface area contributed by atoms with E-state index in [1.165, 1.54) is 0 Å². The molecule has 1 aliphatic rings. The Bertz CT molecular complexity index is 40.8. The molecule has 36 valence electrons. The molecule has 0 bridgehead atoms. The fourth-order valence-electron chi connectivity index (χ4n) is 0.642. The highest BCUT2D eigenvalue weighted by Crippen LogP contribution is 2.03. The van der Waals surface area contributed by atoms with Gasteiger partial charge in [-0.2, -0.15) is 0 Å². The minimum Gasteiger partial charge on any atom is -0.288 e. The van der Waals surface area contributed by atoms with Crippen LogP contribution >= 0.6 is 0 Å². The van der Waals surface area contributed by atoms with E-state index in [0.29, 0.717) is 6.42 Å². The summed E-state index contributed by atoms with van der Waals surface area (Å²) in [5.74, 6) is 0. The molecule has 1 nitrogen and oxygen atoms in total. The second-order valence-electron chi connectivity index (χ2n) is 1.56. The van der Waals surface area contributed by atoms with Gasteiger partial charge in [-0.1, -0.05) is 0 Å². The molecular formula is C4H8FN. The van der Waals surface area contributed by atoms with E-state index in [1.807, 2.05) is 0 Å². The first-order valence-corrected chi connectivity index (χ1v) is 2.27. The molecule has 0 aromatic rings. The van der Waals surface area contributed by atoms with Gasteiger partial charge in [0.2, 0.25) is 0 Å².